The normalized spacial score (nSPS) is 20.3. The summed E-state index contributed by atoms with van der Waals surface area (Å²) in [5.74, 6) is 5.07. The minimum absolute atomic E-state index is 0.192. The third-order valence-corrected chi connectivity index (χ3v) is 4.88. The molecule has 1 amide bonds. The van der Waals surface area contributed by atoms with E-state index >= 15 is 0 Å². The summed E-state index contributed by atoms with van der Waals surface area (Å²) in [4.78, 5) is 26.7. The first-order valence-electron chi connectivity index (χ1n) is 8.53. The van der Waals surface area contributed by atoms with Crippen LogP contribution >= 0.6 is 11.6 Å². The fourth-order valence-electron chi connectivity index (χ4n) is 3.05. The van der Waals surface area contributed by atoms with E-state index in [4.69, 9.17) is 17.4 Å². The van der Waals surface area contributed by atoms with Crippen molar-refractivity contribution in [2.75, 3.05) is 6.54 Å². The van der Waals surface area contributed by atoms with Gasteiger partial charge in [0.2, 0.25) is 5.95 Å². The number of hydrogen-bond acceptors (Lipinski definition) is 6. The van der Waals surface area contributed by atoms with E-state index in [2.05, 4.69) is 20.1 Å². The molecule has 1 fully saturated rings. The highest BCUT2D eigenvalue weighted by atomic mass is 35.5. The summed E-state index contributed by atoms with van der Waals surface area (Å²) in [5.41, 5.74) is -0.479. The molecule has 1 aliphatic heterocycles. The molecule has 3 rings (SSSR count). The van der Waals surface area contributed by atoms with Crippen LogP contribution < -0.4 is 5.84 Å². The number of amides is 1. The summed E-state index contributed by atoms with van der Waals surface area (Å²) in [6, 6.07) is 4.25. The minimum Gasteiger partial charge on any atom is -0.330 e. The summed E-state index contributed by atoms with van der Waals surface area (Å²) in [5, 5.41) is 3.10. The molecular formula is C18H16ClF3N6O. The van der Waals surface area contributed by atoms with Gasteiger partial charge >= 0.3 is 6.18 Å². The van der Waals surface area contributed by atoms with E-state index in [-0.39, 0.29) is 24.5 Å². The van der Waals surface area contributed by atoms with Crippen LogP contribution in [-0.2, 0) is 6.18 Å². The number of piperidine rings is 1. The van der Waals surface area contributed by atoms with Gasteiger partial charge in [-0.1, -0.05) is 17.7 Å². The van der Waals surface area contributed by atoms with Crippen LogP contribution in [0.4, 0.5) is 19.1 Å². The van der Waals surface area contributed by atoms with Crippen LogP contribution in [0.5, 0.6) is 0 Å². The van der Waals surface area contributed by atoms with Crippen molar-refractivity contribution in [2.45, 2.75) is 25.6 Å². The van der Waals surface area contributed by atoms with Gasteiger partial charge in [0, 0.05) is 25.4 Å². The van der Waals surface area contributed by atoms with Crippen molar-refractivity contribution < 1.29 is 18.0 Å². The number of carbonyl (C=O) groups excluding carboxylic acids is 1. The Morgan fingerprint density at radius 1 is 1.28 bits per heavy atom. The average Bonchev–Trinajstić information content (AvgIpc) is 2.68. The first-order chi connectivity index (χ1) is 13.7. The molecule has 1 atom stereocenters. The number of hydrazone groups is 1. The SMILES string of the molecule is C[C@H]1C(=NN)C(=Nc2ncccn2)CCN1C(=O)c1cccc(C(F)(F)F)c1Cl. The van der Waals surface area contributed by atoms with E-state index in [0.29, 0.717) is 11.4 Å². The highest BCUT2D eigenvalue weighted by Gasteiger charge is 2.37. The van der Waals surface area contributed by atoms with E-state index in [1.165, 1.54) is 23.4 Å². The minimum atomic E-state index is -4.67. The molecule has 0 bridgehead atoms. The van der Waals surface area contributed by atoms with Crippen molar-refractivity contribution in [2.24, 2.45) is 15.9 Å². The van der Waals surface area contributed by atoms with Gasteiger partial charge < -0.3 is 10.7 Å². The Labute approximate surface area is 169 Å². The number of benzene rings is 1. The van der Waals surface area contributed by atoms with Crippen LogP contribution in [0.15, 0.2) is 46.8 Å². The number of halogens is 4. The fourth-order valence-corrected chi connectivity index (χ4v) is 3.36. The molecule has 11 heteroatoms. The molecule has 0 aliphatic carbocycles. The Morgan fingerprint density at radius 2 is 1.97 bits per heavy atom. The second kappa shape index (κ2) is 8.16. The van der Waals surface area contributed by atoms with Crippen LogP contribution in [0.1, 0.15) is 29.3 Å². The monoisotopic (exact) mass is 424 g/mol. The summed E-state index contributed by atoms with van der Waals surface area (Å²) >= 11 is 5.90. The predicted octanol–water partition coefficient (Wildman–Crippen LogP) is 3.47. The molecule has 0 radical (unpaired) electrons. The van der Waals surface area contributed by atoms with Crippen molar-refractivity contribution in [3.63, 3.8) is 0 Å². The lowest BCUT2D eigenvalue weighted by Crippen LogP contribution is -2.51. The Hall–Kier alpha value is -3.01. The van der Waals surface area contributed by atoms with Gasteiger partial charge in [-0.3, -0.25) is 4.79 Å². The van der Waals surface area contributed by atoms with E-state index in [0.717, 1.165) is 12.1 Å². The van der Waals surface area contributed by atoms with Gasteiger partial charge in [0.15, 0.2) is 0 Å². The standard InChI is InChI=1S/C18H16ClF3N6O/c1-10-15(27-23)13(26-17-24-7-3-8-25-17)6-9-28(10)16(29)11-4-2-5-12(14(11)19)18(20,21)22/h2-5,7-8,10H,6,9,23H2,1H3/t10-/m0/s1. The Balaban J connectivity index is 1.91. The lowest BCUT2D eigenvalue weighted by Gasteiger charge is -2.35. The number of carbonyl (C=O) groups is 1. The highest BCUT2D eigenvalue weighted by Crippen LogP contribution is 2.36. The summed E-state index contributed by atoms with van der Waals surface area (Å²) < 4.78 is 39.3. The zero-order chi connectivity index (χ0) is 21.2. The third-order valence-electron chi connectivity index (χ3n) is 4.47. The van der Waals surface area contributed by atoms with Crippen LogP contribution in [0.25, 0.3) is 0 Å². The van der Waals surface area contributed by atoms with E-state index in [1.807, 2.05) is 0 Å². The molecule has 1 aromatic heterocycles. The van der Waals surface area contributed by atoms with Crippen molar-refractivity contribution in [1.29, 1.82) is 0 Å². The third kappa shape index (κ3) is 4.21. The van der Waals surface area contributed by atoms with Crippen molar-refractivity contribution in [3.05, 3.63) is 52.8 Å². The molecule has 0 unspecified atom stereocenters. The van der Waals surface area contributed by atoms with E-state index < -0.39 is 28.7 Å². The van der Waals surface area contributed by atoms with Gasteiger partial charge in [-0.15, -0.1) is 0 Å². The molecule has 1 aromatic carbocycles. The topological polar surface area (TPSA) is 96.8 Å². The molecule has 1 saturated heterocycles. The van der Waals surface area contributed by atoms with Crippen LogP contribution in [0.3, 0.4) is 0 Å². The second-order valence-corrected chi connectivity index (χ2v) is 6.59. The van der Waals surface area contributed by atoms with Crippen molar-refractivity contribution in [3.8, 4) is 0 Å². The fraction of sp³-hybridized carbons (Fsp3) is 0.278. The van der Waals surface area contributed by atoms with Gasteiger partial charge in [0.1, 0.15) is 5.71 Å². The Kier molecular flexibility index (Phi) is 5.83. The molecule has 152 valence electrons. The van der Waals surface area contributed by atoms with Crippen molar-refractivity contribution in [1.82, 2.24) is 14.9 Å². The summed E-state index contributed by atoms with van der Waals surface area (Å²) in [7, 11) is 0. The number of aliphatic imine (C=N–C) groups is 1. The number of nitrogens with two attached hydrogens (primary N) is 1. The molecule has 1 aliphatic rings. The number of aromatic nitrogens is 2. The zero-order valence-electron chi connectivity index (χ0n) is 15.2. The van der Waals surface area contributed by atoms with Crippen LogP contribution in [0, 0.1) is 0 Å². The molecule has 29 heavy (non-hydrogen) atoms. The molecule has 0 spiro atoms. The van der Waals surface area contributed by atoms with E-state index in [9.17, 15) is 18.0 Å². The Bertz CT molecular complexity index is 977. The maximum absolute atomic E-state index is 13.1. The molecule has 0 saturated carbocycles. The smallest absolute Gasteiger partial charge is 0.330 e. The molecule has 2 heterocycles. The lowest BCUT2D eigenvalue weighted by molar-refractivity contribution is -0.137. The van der Waals surface area contributed by atoms with Gasteiger partial charge in [-0.2, -0.15) is 18.3 Å². The quantitative estimate of drug-likeness (QED) is 0.589. The molecule has 2 aromatic rings. The number of hydrogen-bond donors (Lipinski definition) is 1. The summed E-state index contributed by atoms with van der Waals surface area (Å²) in [6.45, 7) is 1.85. The van der Waals surface area contributed by atoms with Gasteiger partial charge in [0.05, 0.1) is 27.9 Å². The molecule has 7 nitrogen and oxygen atoms in total. The first-order valence-corrected chi connectivity index (χ1v) is 8.91. The maximum Gasteiger partial charge on any atom is 0.417 e. The number of rotatable bonds is 2. The molecular weight excluding hydrogens is 409 g/mol. The van der Waals surface area contributed by atoms with Crippen molar-refractivity contribution >= 4 is 34.9 Å². The largest absolute Gasteiger partial charge is 0.417 e. The van der Waals surface area contributed by atoms with E-state index in [1.54, 1.807) is 13.0 Å². The number of nitrogens with zero attached hydrogens (tertiary/aromatic N) is 5. The van der Waals surface area contributed by atoms with Gasteiger partial charge in [-0.05, 0) is 25.1 Å². The predicted molar refractivity (Wildman–Crippen MR) is 102 cm³/mol. The average molecular weight is 425 g/mol. The second-order valence-electron chi connectivity index (χ2n) is 6.21. The highest BCUT2D eigenvalue weighted by molar-refractivity contribution is 6.45. The van der Waals surface area contributed by atoms with Gasteiger partial charge in [0.25, 0.3) is 5.91 Å². The lowest BCUT2D eigenvalue weighted by atomic mass is 9.97. The summed E-state index contributed by atoms with van der Waals surface area (Å²) in [6.07, 6.45) is -1.33. The zero-order valence-corrected chi connectivity index (χ0v) is 15.9. The molecule has 2 N–H and O–H groups in total. The first kappa shape index (κ1) is 20.7. The number of alkyl halides is 3. The Morgan fingerprint density at radius 3 is 2.59 bits per heavy atom. The van der Waals surface area contributed by atoms with Gasteiger partial charge in [-0.25, -0.2) is 15.0 Å². The van der Waals surface area contributed by atoms with Crippen LogP contribution in [0.2, 0.25) is 5.02 Å². The van der Waals surface area contributed by atoms with Crippen LogP contribution in [-0.4, -0.2) is 44.8 Å². The number of likely N-dealkylation sites (tertiary alicyclic amines) is 1. The maximum atomic E-state index is 13.1.